The third kappa shape index (κ3) is 4.00. The molecule has 0 spiro atoms. The van der Waals surface area contributed by atoms with Crippen LogP contribution in [0.4, 0.5) is 0 Å². The molecule has 1 N–H and O–H groups in total. The van der Waals surface area contributed by atoms with E-state index in [9.17, 15) is 5.11 Å². The van der Waals surface area contributed by atoms with Gasteiger partial charge in [0.05, 0.1) is 13.2 Å². The van der Waals surface area contributed by atoms with Crippen LogP contribution in [-0.2, 0) is 0 Å². The van der Waals surface area contributed by atoms with Gasteiger partial charge in [0.1, 0.15) is 5.75 Å². The van der Waals surface area contributed by atoms with Crippen LogP contribution in [0, 0.1) is 0 Å². The van der Waals surface area contributed by atoms with E-state index >= 15 is 0 Å². The zero-order valence-electron chi connectivity index (χ0n) is 8.89. The van der Waals surface area contributed by atoms with Gasteiger partial charge in [-0.1, -0.05) is 30.4 Å². The van der Waals surface area contributed by atoms with Gasteiger partial charge in [0.15, 0.2) is 0 Å². The molecule has 0 amide bonds. The first-order valence-electron chi connectivity index (χ1n) is 4.87. The Kier molecular flexibility index (Phi) is 4.64. The highest BCUT2D eigenvalue weighted by Gasteiger charge is 1.94. The van der Waals surface area contributed by atoms with Gasteiger partial charge in [-0.15, -0.1) is 6.58 Å². The summed E-state index contributed by atoms with van der Waals surface area (Å²) in [6, 6.07) is 7.66. The van der Waals surface area contributed by atoms with E-state index in [4.69, 9.17) is 4.74 Å². The van der Waals surface area contributed by atoms with Gasteiger partial charge in [-0.3, -0.25) is 0 Å². The minimum absolute atomic E-state index is 0.454. The molecule has 0 heterocycles. The number of methoxy groups -OCH3 is 1. The third-order valence-corrected chi connectivity index (χ3v) is 2.03. The zero-order valence-corrected chi connectivity index (χ0v) is 8.89. The number of ether oxygens (including phenoxy) is 1. The van der Waals surface area contributed by atoms with Crippen molar-refractivity contribution in [3.05, 3.63) is 48.6 Å². The largest absolute Gasteiger partial charge is 0.497 e. The molecule has 1 atom stereocenters. The summed E-state index contributed by atoms with van der Waals surface area (Å²) in [5.41, 5.74) is 1.04. The van der Waals surface area contributed by atoms with Crippen LogP contribution < -0.4 is 4.74 Å². The lowest BCUT2D eigenvalue weighted by Gasteiger charge is -2.01. The summed E-state index contributed by atoms with van der Waals surface area (Å²) in [5, 5.41) is 9.43. The van der Waals surface area contributed by atoms with Crippen LogP contribution in [0.15, 0.2) is 43.0 Å². The molecular weight excluding hydrogens is 188 g/mol. The Bertz CT molecular complexity index is 325. The number of hydrogen-bond donors (Lipinski definition) is 1. The summed E-state index contributed by atoms with van der Waals surface area (Å²) in [6.07, 6.45) is 5.46. The van der Waals surface area contributed by atoms with Gasteiger partial charge in [0.2, 0.25) is 0 Å². The minimum Gasteiger partial charge on any atom is -0.497 e. The number of hydrogen-bond acceptors (Lipinski definition) is 2. The van der Waals surface area contributed by atoms with Crippen LogP contribution in [0.3, 0.4) is 0 Å². The Morgan fingerprint density at radius 3 is 2.60 bits per heavy atom. The van der Waals surface area contributed by atoms with Gasteiger partial charge >= 0.3 is 0 Å². The van der Waals surface area contributed by atoms with Crippen LogP contribution >= 0.6 is 0 Å². The highest BCUT2D eigenvalue weighted by atomic mass is 16.5. The van der Waals surface area contributed by atoms with Crippen LogP contribution in [0.25, 0.3) is 6.08 Å². The molecule has 0 bridgehead atoms. The highest BCUT2D eigenvalue weighted by Crippen LogP contribution is 2.12. The van der Waals surface area contributed by atoms with Crippen molar-refractivity contribution in [3.63, 3.8) is 0 Å². The molecule has 1 rings (SSSR count). The topological polar surface area (TPSA) is 29.5 Å². The van der Waals surface area contributed by atoms with Crippen molar-refractivity contribution >= 4 is 6.08 Å². The third-order valence-electron chi connectivity index (χ3n) is 2.03. The quantitative estimate of drug-likeness (QED) is 0.747. The molecule has 2 nitrogen and oxygen atoms in total. The monoisotopic (exact) mass is 204 g/mol. The smallest absolute Gasteiger partial charge is 0.118 e. The van der Waals surface area contributed by atoms with Crippen LogP contribution in [0.1, 0.15) is 12.0 Å². The Morgan fingerprint density at radius 2 is 2.07 bits per heavy atom. The summed E-state index contributed by atoms with van der Waals surface area (Å²) < 4.78 is 5.05. The van der Waals surface area contributed by atoms with Crippen molar-refractivity contribution in [2.45, 2.75) is 12.5 Å². The molecule has 0 aliphatic carbocycles. The first kappa shape index (κ1) is 11.5. The standard InChI is InChI=1S/C13H16O2/c1-3-4-12(14)8-5-11-6-9-13(15-2)10-7-11/h3,5-10,12,14H,1,4H2,2H3/b8-5+/t12-/m1/s1. The van der Waals surface area contributed by atoms with Gasteiger partial charge in [-0.25, -0.2) is 0 Å². The second-order valence-electron chi connectivity index (χ2n) is 3.22. The molecule has 1 aromatic rings. The van der Waals surface area contributed by atoms with Crippen molar-refractivity contribution in [2.24, 2.45) is 0 Å². The lowest BCUT2D eigenvalue weighted by atomic mass is 10.1. The fourth-order valence-electron chi connectivity index (χ4n) is 1.19. The van der Waals surface area contributed by atoms with E-state index in [1.165, 1.54) is 0 Å². The summed E-state index contributed by atoms with van der Waals surface area (Å²) in [6.45, 7) is 3.57. The van der Waals surface area contributed by atoms with E-state index in [1.807, 2.05) is 30.3 Å². The molecule has 80 valence electrons. The van der Waals surface area contributed by atoms with Gasteiger partial charge in [-0.05, 0) is 24.1 Å². The van der Waals surface area contributed by atoms with Crippen molar-refractivity contribution in [3.8, 4) is 5.75 Å². The second-order valence-corrected chi connectivity index (χ2v) is 3.22. The molecule has 0 saturated carbocycles. The van der Waals surface area contributed by atoms with E-state index in [1.54, 1.807) is 19.3 Å². The lowest BCUT2D eigenvalue weighted by molar-refractivity contribution is 0.228. The van der Waals surface area contributed by atoms with E-state index in [-0.39, 0.29) is 0 Å². The highest BCUT2D eigenvalue weighted by molar-refractivity contribution is 5.51. The second kappa shape index (κ2) is 6.04. The van der Waals surface area contributed by atoms with E-state index in [0.717, 1.165) is 11.3 Å². The number of benzene rings is 1. The fourth-order valence-corrected chi connectivity index (χ4v) is 1.19. The fraction of sp³-hybridized carbons (Fsp3) is 0.231. The van der Waals surface area contributed by atoms with Crippen molar-refractivity contribution in [1.82, 2.24) is 0 Å². The first-order chi connectivity index (χ1) is 7.26. The predicted octanol–water partition coefficient (Wildman–Crippen LogP) is 2.65. The van der Waals surface area contributed by atoms with Crippen LogP contribution in [-0.4, -0.2) is 18.3 Å². The zero-order chi connectivity index (χ0) is 11.1. The van der Waals surface area contributed by atoms with E-state index in [0.29, 0.717) is 6.42 Å². The summed E-state index contributed by atoms with van der Waals surface area (Å²) >= 11 is 0. The molecular formula is C13H16O2. The molecule has 0 fully saturated rings. The normalized spacial score (nSPS) is 12.7. The van der Waals surface area contributed by atoms with Crippen molar-refractivity contribution in [2.75, 3.05) is 7.11 Å². The van der Waals surface area contributed by atoms with Gasteiger partial charge < -0.3 is 9.84 Å². The Labute approximate surface area is 90.5 Å². The van der Waals surface area contributed by atoms with Gasteiger partial charge in [0, 0.05) is 0 Å². The average Bonchev–Trinajstić information content (AvgIpc) is 2.27. The van der Waals surface area contributed by atoms with Crippen molar-refractivity contribution < 1.29 is 9.84 Å². The van der Waals surface area contributed by atoms with Gasteiger partial charge in [-0.2, -0.15) is 0 Å². The Balaban J connectivity index is 2.60. The summed E-state index contributed by atoms with van der Waals surface area (Å²) in [5.74, 6) is 0.832. The Morgan fingerprint density at radius 1 is 1.40 bits per heavy atom. The first-order valence-corrected chi connectivity index (χ1v) is 4.87. The van der Waals surface area contributed by atoms with Gasteiger partial charge in [0.25, 0.3) is 0 Å². The molecule has 0 aliphatic rings. The number of aliphatic hydroxyl groups excluding tert-OH is 1. The van der Waals surface area contributed by atoms with E-state index in [2.05, 4.69) is 6.58 Å². The minimum atomic E-state index is -0.454. The number of rotatable bonds is 5. The molecule has 2 heteroatoms. The van der Waals surface area contributed by atoms with Crippen LogP contribution in [0.2, 0.25) is 0 Å². The molecule has 0 radical (unpaired) electrons. The summed E-state index contributed by atoms with van der Waals surface area (Å²) in [4.78, 5) is 0. The molecule has 0 saturated heterocycles. The maximum atomic E-state index is 9.43. The van der Waals surface area contributed by atoms with E-state index < -0.39 is 6.10 Å². The molecule has 0 unspecified atom stereocenters. The number of aliphatic hydroxyl groups is 1. The Hall–Kier alpha value is -1.54. The van der Waals surface area contributed by atoms with Crippen molar-refractivity contribution in [1.29, 1.82) is 0 Å². The maximum absolute atomic E-state index is 9.43. The SMILES string of the molecule is C=CC[C@@H](O)/C=C/c1ccc(OC)cc1. The predicted molar refractivity (Wildman–Crippen MR) is 62.8 cm³/mol. The van der Waals surface area contributed by atoms with Crippen LogP contribution in [0.5, 0.6) is 5.75 Å². The molecule has 0 aromatic heterocycles. The lowest BCUT2D eigenvalue weighted by Crippen LogP contribution is -1.98. The maximum Gasteiger partial charge on any atom is 0.118 e. The molecule has 0 aliphatic heterocycles. The summed E-state index contributed by atoms with van der Waals surface area (Å²) in [7, 11) is 1.64. The molecule has 1 aromatic carbocycles. The average molecular weight is 204 g/mol. The molecule has 15 heavy (non-hydrogen) atoms.